The summed E-state index contributed by atoms with van der Waals surface area (Å²) in [5, 5.41) is 3.40. The van der Waals surface area contributed by atoms with Gasteiger partial charge in [0.1, 0.15) is 11.9 Å². The van der Waals surface area contributed by atoms with Crippen LogP contribution in [0, 0.1) is 5.82 Å². The van der Waals surface area contributed by atoms with Gasteiger partial charge in [-0.1, -0.05) is 41.9 Å². The van der Waals surface area contributed by atoms with Crippen molar-refractivity contribution < 1.29 is 17.6 Å². The monoisotopic (exact) mass is 444 g/mol. The smallest absolute Gasteiger partial charge is 0.243 e. The number of anilines is 1. The lowest BCUT2D eigenvalue weighted by molar-refractivity contribution is -0.121. The number of hydrogen-bond acceptors (Lipinski definition) is 4. The minimum Gasteiger partial charge on any atom is -0.353 e. The van der Waals surface area contributed by atoms with Crippen LogP contribution in [-0.2, 0) is 20.6 Å². The Labute approximate surface area is 174 Å². The number of halogens is 2. The number of carbonyl (C=O) groups is 1. The van der Waals surface area contributed by atoms with Gasteiger partial charge in [-0.25, -0.2) is 12.8 Å². The van der Waals surface area contributed by atoms with E-state index in [0.717, 1.165) is 22.2 Å². The zero-order valence-electron chi connectivity index (χ0n) is 15.6. The highest BCUT2D eigenvalue weighted by Crippen LogP contribution is 2.24. The number of nitrogens with zero attached hydrogens (tertiary/aromatic N) is 1. The Bertz CT molecular complexity index is 925. The number of carbonyl (C=O) groups excluding carboxylic acids is 1. The molecular formula is C19H22ClFN2O3S2. The third-order valence-electron chi connectivity index (χ3n) is 3.94. The van der Waals surface area contributed by atoms with E-state index in [1.54, 1.807) is 11.8 Å². The number of hydrogen-bond donors (Lipinski definition) is 1. The van der Waals surface area contributed by atoms with Crippen molar-refractivity contribution in [3.8, 4) is 0 Å². The molecule has 1 unspecified atom stereocenters. The van der Waals surface area contributed by atoms with Crippen molar-refractivity contribution in [2.24, 2.45) is 0 Å². The fourth-order valence-electron chi connectivity index (χ4n) is 2.60. The molecule has 0 fully saturated rings. The number of sulfonamides is 1. The lowest BCUT2D eigenvalue weighted by Crippen LogP contribution is -2.48. The molecule has 9 heteroatoms. The fourth-order valence-corrected chi connectivity index (χ4v) is 4.92. The first-order valence-electron chi connectivity index (χ1n) is 8.54. The van der Waals surface area contributed by atoms with Crippen molar-refractivity contribution in [3.63, 3.8) is 0 Å². The number of amides is 1. The van der Waals surface area contributed by atoms with Crippen LogP contribution in [0.15, 0.2) is 48.5 Å². The number of rotatable bonds is 9. The van der Waals surface area contributed by atoms with Gasteiger partial charge in [0.2, 0.25) is 15.9 Å². The molecule has 2 rings (SSSR count). The van der Waals surface area contributed by atoms with Gasteiger partial charge in [-0.3, -0.25) is 9.10 Å². The van der Waals surface area contributed by atoms with E-state index < -0.39 is 27.8 Å². The zero-order chi connectivity index (χ0) is 20.7. The highest BCUT2D eigenvalue weighted by Gasteiger charge is 2.30. The maximum Gasteiger partial charge on any atom is 0.243 e. The summed E-state index contributed by atoms with van der Waals surface area (Å²) in [6.45, 7) is 1.78. The third-order valence-corrected chi connectivity index (χ3v) is 6.54. The lowest BCUT2D eigenvalue weighted by Gasteiger charge is -2.28. The van der Waals surface area contributed by atoms with Crippen molar-refractivity contribution in [1.29, 1.82) is 0 Å². The number of benzene rings is 2. The summed E-state index contributed by atoms with van der Waals surface area (Å²) in [7, 11) is -3.85. The van der Waals surface area contributed by atoms with Crippen molar-refractivity contribution >= 4 is 45.0 Å². The van der Waals surface area contributed by atoms with Gasteiger partial charge < -0.3 is 5.32 Å². The van der Waals surface area contributed by atoms with Gasteiger partial charge in [0.05, 0.1) is 11.9 Å². The topological polar surface area (TPSA) is 66.5 Å². The van der Waals surface area contributed by atoms with Crippen LogP contribution in [0.3, 0.4) is 0 Å². The molecular weight excluding hydrogens is 423 g/mol. The Morgan fingerprint density at radius 1 is 1.21 bits per heavy atom. The van der Waals surface area contributed by atoms with Gasteiger partial charge >= 0.3 is 0 Å². The number of thioether (sulfide) groups is 1. The highest BCUT2D eigenvalue weighted by atomic mass is 35.5. The molecule has 0 heterocycles. The number of nitrogens with one attached hydrogen (secondary N) is 1. The molecule has 5 nitrogen and oxygen atoms in total. The van der Waals surface area contributed by atoms with Gasteiger partial charge in [-0.05, 0) is 30.7 Å². The first kappa shape index (κ1) is 22.5. The maximum atomic E-state index is 14.1. The van der Waals surface area contributed by atoms with E-state index in [1.165, 1.54) is 25.1 Å². The van der Waals surface area contributed by atoms with Crippen molar-refractivity contribution in [3.05, 3.63) is 64.9 Å². The molecule has 1 atom stereocenters. The summed E-state index contributed by atoms with van der Waals surface area (Å²) in [4.78, 5) is 12.4. The van der Waals surface area contributed by atoms with Gasteiger partial charge in [0.15, 0.2) is 0 Å². The number of para-hydroxylation sites is 1. The van der Waals surface area contributed by atoms with Crippen molar-refractivity contribution in [2.45, 2.75) is 18.7 Å². The molecule has 0 saturated carbocycles. The second kappa shape index (κ2) is 10.1. The summed E-state index contributed by atoms with van der Waals surface area (Å²) in [5.74, 6) is 0.132. The minimum absolute atomic E-state index is 0.152. The van der Waals surface area contributed by atoms with E-state index in [1.807, 2.05) is 24.3 Å². The molecule has 1 amide bonds. The Morgan fingerprint density at radius 2 is 1.86 bits per heavy atom. The summed E-state index contributed by atoms with van der Waals surface area (Å²) in [6, 6.07) is 11.9. The highest BCUT2D eigenvalue weighted by molar-refractivity contribution is 7.98. The van der Waals surface area contributed by atoms with Gasteiger partial charge in [0, 0.05) is 23.1 Å². The van der Waals surface area contributed by atoms with Crippen LogP contribution in [0.1, 0.15) is 12.5 Å². The molecule has 0 aromatic heterocycles. The van der Waals surface area contributed by atoms with Crippen LogP contribution in [0.2, 0.25) is 5.02 Å². The predicted octanol–water partition coefficient (Wildman–Crippen LogP) is 3.68. The van der Waals surface area contributed by atoms with E-state index in [0.29, 0.717) is 23.1 Å². The van der Waals surface area contributed by atoms with E-state index in [-0.39, 0.29) is 5.69 Å². The second-order valence-corrected chi connectivity index (χ2v) is 9.49. The van der Waals surface area contributed by atoms with E-state index >= 15 is 0 Å². The van der Waals surface area contributed by atoms with Gasteiger partial charge in [-0.15, -0.1) is 0 Å². The summed E-state index contributed by atoms with van der Waals surface area (Å²) < 4.78 is 39.2. The maximum absolute atomic E-state index is 14.1. The Hall–Kier alpha value is -1.77. The normalized spacial score (nSPS) is 12.4. The summed E-state index contributed by atoms with van der Waals surface area (Å²) in [6.07, 6.45) is 0.947. The Balaban J connectivity index is 1.93. The van der Waals surface area contributed by atoms with E-state index in [9.17, 15) is 17.6 Å². The summed E-state index contributed by atoms with van der Waals surface area (Å²) >= 11 is 7.70. The van der Waals surface area contributed by atoms with Crippen molar-refractivity contribution in [1.82, 2.24) is 5.32 Å². The quantitative estimate of drug-likeness (QED) is 0.599. The Morgan fingerprint density at radius 3 is 2.50 bits per heavy atom. The second-order valence-electron chi connectivity index (χ2n) is 6.12. The average molecular weight is 445 g/mol. The average Bonchev–Trinajstić information content (AvgIpc) is 2.63. The first-order chi connectivity index (χ1) is 13.2. The summed E-state index contributed by atoms with van der Waals surface area (Å²) in [5.41, 5.74) is 0.859. The molecule has 0 aliphatic heterocycles. The van der Waals surface area contributed by atoms with Gasteiger partial charge in [-0.2, -0.15) is 11.8 Å². The first-order valence-corrected chi connectivity index (χ1v) is 11.9. The molecule has 0 aliphatic carbocycles. The molecule has 2 aromatic carbocycles. The molecule has 0 aliphatic rings. The SMILES string of the molecule is CC(C(=O)NCCSCc1ccccc1Cl)N(c1ccccc1F)S(C)(=O)=O. The molecule has 0 bridgehead atoms. The lowest BCUT2D eigenvalue weighted by atomic mass is 10.2. The van der Waals surface area contributed by atoms with E-state index in [2.05, 4.69) is 5.32 Å². The van der Waals surface area contributed by atoms with Crippen LogP contribution in [0.4, 0.5) is 10.1 Å². The third kappa shape index (κ3) is 6.12. The minimum atomic E-state index is -3.85. The fraction of sp³-hybridized carbons (Fsp3) is 0.316. The molecule has 1 N–H and O–H groups in total. The molecule has 28 heavy (non-hydrogen) atoms. The Kier molecular flexibility index (Phi) is 8.15. The van der Waals surface area contributed by atoms with Crippen LogP contribution in [0.5, 0.6) is 0 Å². The van der Waals surface area contributed by atoms with Crippen molar-refractivity contribution in [2.75, 3.05) is 22.9 Å². The van der Waals surface area contributed by atoms with Crippen LogP contribution in [-0.4, -0.2) is 38.9 Å². The van der Waals surface area contributed by atoms with Crippen LogP contribution < -0.4 is 9.62 Å². The van der Waals surface area contributed by atoms with Gasteiger partial charge in [0.25, 0.3) is 0 Å². The zero-order valence-corrected chi connectivity index (χ0v) is 18.0. The molecule has 152 valence electrons. The molecule has 2 aromatic rings. The molecule has 0 radical (unpaired) electrons. The van der Waals surface area contributed by atoms with Crippen LogP contribution in [0.25, 0.3) is 0 Å². The predicted molar refractivity (Wildman–Crippen MR) is 114 cm³/mol. The molecule has 0 saturated heterocycles. The largest absolute Gasteiger partial charge is 0.353 e. The molecule has 0 spiro atoms. The van der Waals surface area contributed by atoms with E-state index in [4.69, 9.17) is 11.6 Å². The van der Waals surface area contributed by atoms with Crippen LogP contribution >= 0.6 is 23.4 Å². The standard InChI is InChI=1S/C19H22ClFN2O3S2/c1-14(23(28(2,25)26)18-10-6-5-9-17(18)21)19(24)22-11-12-27-13-15-7-3-4-8-16(15)20/h3-10,14H,11-13H2,1-2H3,(H,22,24).